The Balaban J connectivity index is 1.63. The van der Waals surface area contributed by atoms with E-state index in [1.54, 1.807) is 6.07 Å². The molecule has 2 aromatic rings. The number of carbonyl (C=O) groups is 2. The Morgan fingerprint density at radius 3 is 2.89 bits per heavy atom. The first-order valence-electron chi connectivity index (χ1n) is 8.60. The van der Waals surface area contributed by atoms with Crippen LogP contribution in [0.25, 0.3) is 0 Å². The molecule has 1 saturated heterocycles. The topological polar surface area (TPSA) is 97.6 Å². The Kier molecular flexibility index (Phi) is 6.84. The van der Waals surface area contributed by atoms with Crippen molar-refractivity contribution in [2.45, 2.75) is 17.7 Å². The second-order valence-corrected chi connectivity index (χ2v) is 8.43. The Morgan fingerprint density at radius 1 is 1.37 bits per heavy atom. The number of nitrogens with two attached hydrogens (primary N) is 1. The number of thiazole rings is 1. The standard InChI is InChI=1S/C18H22N4O3S2/c1-12-17(26-11-15(19)23)27-18(20-12)21-16(24)14-4-2-3-13(9-14)10-22-5-7-25-8-6-22/h2-4,9H,5-8,10-11H2,1H3,(H2,19,23)(H,20,21,24). The monoisotopic (exact) mass is 406 g/mol. The van der Waals surface area contributed by atoms with Crippen LogP contribution in [0.15, 0.2) is 28.5 Å². The maximum Gasteiger partial charge on any atom is 0.257 e. The van der Waals surface area contributed by atoms with Crippen LogP contribution in [-0.2, 0) is 16.1 Å². The molecule has 3 N–H and O–H groups in total. The van der Waals surface area contributed by atoms with Gasteiger partial charge in [0.2, 0.25) is 5.91 Å². The van der Waals surface area contributed by atoms with E-state index in [2.05, 4.69) is 15.2 Å². The van der Waals surface area contributed by atoms with Crippen LogP contribution in [0.5, 0.6) is 0 Å². The number of morpholine rings is 1. The van der Waals surface area contributed by atoms with Crippen molar-refractivity contribution in [2.75, 3.05) is 37.4 Å². The molecule has 1 aromatic carbocycles. The quantitative estimate of drug-likeness (QED) is 0.684. The summed E-state index contributed by atoms with van der Waals surface area (Å²) in [5, 5.41) is 3.36. The Hall–Kier alpha value is -1.94. The average molecular weight is 407 g/mol. The zero-order valence-corrected chi connectivity index (χ0v) is 16.7. The molecular formula is C18H22N4O3S2. The van der Waals surface area contributed by atoms with Gasteiger partial charge in [-0.25, -0.2) is 4.98 Å². The zero-order valence-electron chi connectivity index (χ0n) is 15.1. The molecular weight excluding hydrogens is 384 g/mol. The number of hydrogen-bond donors (Lipinski definition) is 2. The van der Waals surface area contributed by atoms with Gasteiger partial charge in [0.25, 0.3) is 5.91 Å². The van der Waals surface area contributed by atoms with Crippen LogP contribution < -0.4 is 11.1 Å². The van der Waals surface area contributed by atoms with Gasteiger partial charge in [-0.3, -0.25) is 19.8 Å². The molecule has 27 heavy (non-hydrogen) atoms. The van der Waals surface area contributed by atoms with Crippen molar-refractivity contribution in [2.24, 2.45) is 5.73 Å². The first-order valence-corrected chi connectivity index (χ1v) is 10.4. The number of nitrogens with one attached hydrogen (secondary N) is 1. The number of ether oxygens (including phenoxy) is 1. The number of amides is 2. The highest BCUT2D eigenvalue weighted by Crippen LogP contribution is 2.32. The Morgan fingerprint density at radius 2 is 2.15 bits per heavy atom. The number of nitrogens with zero attached hydrogens (tertiary/aromatic N) is 2. The smallest absolute Gasteiger partial charge is 0.257 e. The van der Waals surface area contributed by atoms with Crippen LogP contribution in [0.1, 0.15) is 21.6 Å². The van der Waals surface area contributed by atoms with Crippen LogP contribution in [0.4, 0.5) is 5.13 Å². The number of carbonyl (C=O) groups excluding carboxylic acids is 2. The summed E-state index contributed by atoms with van der Waals surface area (Å²) >= 11 is 2.68. The molecule has 0 atom stereocenters. The number of rotatable bonds is 7. The fourth-order valence-electron chi connectivity index (χ4n) is 2.70. The van der Waals surface area contributed by atoms with Crippen molar-refractivity contribution in [1.29, 1.82) is 0 Å². The van der Waals surface area contributed by atoms with E-state index in [-0.39, 0.29) is 17.6 Å². The molecule has 2 amide bonds. The van der Waals surface area contributed by atoms with Gasteiger partial charge in [-0.1, -0.05) is 23.5 Å². The van der Waals surface area contributed by atoms with Gasteiger partial charge in [-0.05, 0) is 24.6 Å². The predicted molar refractivity (Wildman–Crippen MR) is 107 cm³/mol. The van der Waals surface area contributed by atoms with Crippen molar-refractivity contribution in [3.8, 4) is 0 Å². The molecule has 0 saturated carbocycles. The van der Waals surface area contributed by atoms with Gasteiger partial charge >= 0.3 is 0 Å². The highest BCUT2D eigenvalue weighted by atomic mass is 32.2. The summed E-state index contributed by atoms with van der Waals surface area (Å²) in [5.74, 6) is -0.380. The summed E-state index contributed by atoms with van der Waals surface area (Å²) in [4.78, 5) is 30.2. The molecule has 144 valence electrons. The first kappa shape index (κ1) is 19.8. The van der Waals surface area contributed by atoms with E-state index in [0.29, 0.717) is 10.7 Å². The van der Waals surface area contributed by atoms with Crippen LogP contribution in [0.3, 0.4) is 0 Å². The second-order valence-electron chi connectivity index (χ2n) is 6.19. The molecule has 1 aliphatic heterocycles. The zero-order chi connectivity index (χ0) is 19.2. The maximum atomic E-state index is 12.6. The lowest BCUT2D eigenvalue weighted by atomic mass is 10.1. The van der Waals surface area contributed by atoms with Crippen molar-refractivity contribution in [3.05, 3.63) is 41.1 Å². The maximum absolute atomic E-state index is 12.6. The molecule has 9 heteroatoms. The number of thioether (sulfide) groups is 1. The third-order valence-electron chi connectivity index (χ3n) is 4.02. The molecule has 1 aromatic heterocycles. The van der Waals surface area contributed by atoms with E-state index in [9.17, 15) is 9.59 Å². The molecule has 0 unspecified atom stereocenters. The fourth-order valence-corrected chi connectivity index (χ4v) is 4.58. The van der Waals surface area contributed by atoms with Gasteiger partial charge in [0, 0.05) is 25.2 Å². The molecule has 2 heterocycles. The SMILES string of the molecule is Cc1nc(NC(=O)c2cccc(CN3CCOCC3)c2)sc1SCC(N)=O. The molecule has 0 spiro atoms. The molecule has 3 rings (SSSR count). The van der Waals surface area contributed by atoms with Crippen molar-refractivity contribution < 1.29 is 14.3 Å². The molecule has 7 nitrogen and oxygen atoms in total. The largest absolute Gasteiger partial charge is 0.379 e. The number of hydrogen-bond acceptors (Lipinski definition) is 7. The summed E-state index contributed by atoms with van der Waals surface area (Å²) in [6.07, 6.45) is 0. The summed E-state index contributed by atoms with van der Waals surface area (Å²) in [5.41, 5.74) is 7.65. The minimum atomic E-state index is -0.379. The Bertz CT molecular complexity index is 819. The van der Waals surface area contributed by atoms with E-state index in [1.165, 1.54) is 23.1 Å². The molecule has 1 aliphatic rings. The van der Waals surface area contributed by atoms with Crippen LogP contribution in [0.2, 0.25) is 0 Å². The summed E-state index contributed by atoms with van der Waals surface area (Å²) in [6.45, 7) is 5.95. The van der Waals surface area contributed by atoms with Gasteiger partial charge in [-0.2, -0.15) is 0 Å². The van der Waals surface area contributed by atoms with E-state index in [4.69, 9.17) is 10.5 Å². The van der Waals surface area contributed by atoms with Crippen molar-refractivity contribution >= 4 is 40.0 Å². The molecule has 0 aliphatic carbocycles. The van der Waals surface area contributed by atoms with Crippen LogP contribution >= 0.6 is 23.1 Å². The lowest BCUT2D eigenvalue weighted by Gasteiger charge is -2.26. The average Bonchev–Trinajstić information content (AvgIpc) is 3.00. The van der Waals surface area contributed by atoms with Crippen LogP contribution in [-0.4, -0.2) is 53.8 Å². The first-order chi connectivity index (χ1) is 13.0. The third kappa shape index (κ3) is 5.77. The number of primary amides is 1. The second kappa shape index (κ2) is 9.32. The lowest BCUT2D eigenvalue weighted by molar-refractivity contribution is -0.115. The van der Waals surface area contributed by atoms with E-state index < -0.39 is 0 Å². The fraction of sp³-hybridized carbons (Fsp3) is 0.389. The summed E-state index contributed by atoms with van der Waals surface area (Å²) in [7, 11) is 0. The highest BCUT2D eigenvalue weighted by Gasteiger charge is 2.15. The highest BCUT2D eigenvalue weighted by molar-refractivity contribution is 8.01. The van der Waals surface area contributed by atoms with Gasteiger partial charge in [0.1, 0.15) is 0 Å². The number of benzene rings is 1. The molecule has 0 radical (unpaired) electrons. The normalized spacial score (nSPS) is 14.9. The lowest BCUT2D eigenvalue weighted by Crippen LogP contribution is -2.35. The third-order valence-corrected chi connectivity index (χ3v) is 6.48. The van der Waals surface area contributed by atoms with Crippen molar-refractivity contribution in [3.63, 3.8) is 0 Å². The number of anilines is 1. The molecule has 0 bridgehead atoms. The Labute approximate surface area is 166 Å². The van der Waals surface area contributed by atoms with Crippen LogP contribution in [0, 0.1) is 6.92 Å². The van der Waals surface area contributed by atoms with Gasteiger partial charge in [-0.15, -0.1) is 11.8 Å². The predicted octanol–water partition coefficient (Wildman–Crippen LogP) is 2.11. The van der Waals surface area contributed by atoms with Gasteiger partial charge in [0.05, 0.1) is 28.9 Å². The number of aromatic nitrogens is 1. The van der Waals surface area contributed by atoms with Gasteiger partial charge in [0.15, 0.2) is 5.13 Å². The van der Waals surface area contributed by atoms with E-state index in [1.807, 2.05) is 25.1 Å². The summed E-state index contributed by atoms with van der Waals surface area (Å²) < 4.78 is 6.25. The van der Waals surface area contributed by atoms with E-state index in [0.717, 1.165) is 48.3 Å². The number of aryl methyl sites for hydroxylation is 1. The van der Waals surface area contributed by atoms with Gasteiger partial charge < -0.3 is 10.5 Å². The summed E-state index contributed by atoms with van der Waals surface area (Å²) in [6, 6.07) is 7.62. The van der Waals surface area contributed by atoms with E-state index >= 15 is 0 Å². The molecule has 1 fully saturated rings. The van der Waals surface area contributed by atoms with Crippen molar-refractivity contribution in [1.82, 2.24) is 9.88 Å². The minimum absolute atomic E-state index is 0.194. The minimum Gasteiger partial charge on any atom is -0.379 e.